The molecule has 0 bridgehead atoms. The molecule has 1 aromatic rings. The van der Waals surface area contributed by atoms with Gasteiger partial charge in [0.25, 0.3) is 0 Å². The van der Waals surface area contributed by atoms with Crippen LogP contribution in [0.3, 0.4) is 0 Å². The Kier molecular flexibility index (Phi) is 4.40. The van der Waals surface area contributed by atoms with Crippen LogP contribution < -0.4 is 5.73 Å². The Balaban J connectivity index is 1.93. The topological polar surface area (TPSA) is 43.1 Å². The lowest BCUT2D eigenvalue weighted by atomic mass is 9.77. The van der Waals surface area contributed by atoms with Crippen molar-refractivity contribution in [1.82, 2.24) is 0 Å². The summed E-state index contributed by atoms with van der Waals surface area (Å²) < 4.78 is 0. The second-order valence-corrected chi connectivity index (χ2v) is 5.52. The van der Waals surface area contributed by atoms with Gasteiger partial charge in [0.15, 0.2) is 0 Å². The second-order valence-electron chi connectivity index (χ2n) is 5.52. The number of hydrogen-bond donors (Lipinski definition) is 1. The summed E-state index contributed by atoms with van der Waals surface area (Å²) in [5.41, 5.74) is 7.50. The number of nitrogens with two attached hydrogens (primary N) is 1. The van der Waals surface area contributed by atoms with Crippen LogP contribution in [-0.2, 0) is 11.2 Å². The van der Waals surface area contributed by atoms with Gasteiger partial charge in [0.2, 0.25) is 0 Å². The molecule has 18 heavy (non-hydrogen) atoms. The molecule has 1 aromatic carbocycles. The van der Waals surface area contributed by atoms with Crippen LogP contribution in [-0.4, -0.2) is 5.78 Å². The fourth-order valence-corrected chi connectivity index (χ4v) is 2.94. The molecular weight excluding hydrogens is 222 g/mol. The van der Waals surface area contributed by atoms with Crippen LogP contribution in [0.1, 0.15) is 44.6 Å². The number of hydrogen-bond acceptors (Lipinski definition) is 2. The molecule has 0 saturated heterocycles. The zero-order valence-electron chi connectivity index (χ0n) is 11.2. The Morgan fingerprint density at radius 3 is 2.67 bits per heavy atom. The zero-order valence-corrected chi connectivity index (χ0v) is 11.2. The molecule has 0 amide bonds. The third-order valence-electron chi connectivity index (χ3n) is 4.17. The highest BCUT2D eigenvalue weighted by atomic mass is 16.1. The third-order valence-corrected chi connectivity index (χ3v) is 4.17. The molecule has 0 spiro atoms. The van der Waals surface area contributed by atoms with Gasteiger partial charge in [-0.3, -0.25) is 4.79 Å². The lowest BCUT2D eigenvalue weighted by molar-refractivity contribution is -0.123. The smallest absolute Gasteiger partial charge is 0.140 e. The zero-order chi connectivity index (χ0) is 13.0. The maximum absolute atomic E-state index is 12.3. The first-order chi connectivity index (χ1) is 8.69. The number of rotatable bonds is 4. The molecule has 0 radical (unpaired) electrons. The largest absolute Gasteiger partial charge is 0.399 e. The molecule has 0 aliphatic heterocycles. The molecule has 1 fully saturated rings. The molecule has 2 N–H and O–H groups in total. The van der Waals surface area contributed by atoms with Crippen molar-refractivity contribution in [3.8, 4) is 0 Å². The molecular formula is C16H23NO. The number of carbonyl (C=O) groups is 1. The first-order valence-electron chi connectivity index (χ1n) is 7.06. The maximum Gasteiger partial charge on any atom is 0.140 e. The van der Waals surface area contributed by atoms with Crippen LogP contribution in [0.4, 0.5) is 5.69 Å². The van der Waals surface area contributed by atoms with Gasteiger partial charge in [-0.25, -0.2) is 0 Å². The van der Waals surface area contributed by atoms with Crippen molar-refractivity contribution in [2.75, 3.05) is 5.73 Å². The van der Waals surface area contributed by atoms with E-state index in [-0.39, 0.29) is 0 Å². The molecule has 0 heterocycles. The number of Topliss-reactive ketones (excluding diaryl/α,β-unsaturated/α-hetero) is 1. The SMILES string of the molecule is CCC1CCCC(C(=O)Cc2ccc(N)cc2)C1. The Labute approximate surface area is 110 Å². The average Bonchev–Trinajstić information content (AvgIpc) is 2.41. The van der Waals surface area contributed by atoms with Crippen molar-refractivity contribution in [2.24, 2.45) is 11.8 Å². The van der Waals surface area contributed by atoms with E-state index in [1.54, 1.807) is 0 Å². The van der Waals surface area contributed by atoms with Gasteiger partial charge in [-0.05, 0) is 36.5 Å². The van der Waals surface area contributed by atoms with Gasteiger partial charge in [0.1, 0.15) is 5.78 Å². The predicted octanol–water partition coefficient (Wildman–Crippen LogP) is 3.60. The van der Waals surface area contributed by atoms with E-state index in [9.17, 15) is 4.79 Å². The molecule has 2 rings (SSSR count). The van der Waals surface area contributed by atoms with E-state index in [1.807, 2.05) is 24.3 Å². The summed E-state index contributed by atoms with van der Waals surface area (Å²) >= 11 is 0. The lowest BCUT2D eigenvalue weighted by Crippen LogP contribution is -2.24. The monoisotopic (exact) mass is 245 g/mol. The first-order valence-corrected chi connectivity index (χ1v) is 7.06. The van der Waals surface area contributed by atoms with Crippen molar-refractivity contribution >= 4 is 11.5 Å². The van der Waals surface area contributed by atoms with Crippen molar-refractivity contribution in [1.29, 1.82) is 0 Å². The maximum atomic E-state index is 12.3. The summed E-state index contributed by atoms with van der Waals surface area (Å²) in [6, 6.07) is 7.68. The van der Waals surface area contributed by atoms with E-state index in [2.05, 4.69) is 6.92 Å². The number of anilines is 1. The first kappa shape index (κ1) is 13.1. The standard InChI is InChI=1S/C16H23NO/c1-2-12-4-3-5-14(10-12)16(18)11-13-6-8-15(17)9-7-13/h6-9,12,14H,2-5,10-11,17H2,1H3. The molecule has 98 valence electrons. The highest BCUT2D eigenvalue weighted by Gasteiger charge is 2.25. The van der Waals surface area contributed by atoms with Gasteiger partial charge in [-0.1, -0.05) is 38.3 Å². The van der Waals surface area contributed by atoms with E-state index >= 15 is 0 Å². The minimum Gasteiger partial charge on any atom is -0.399 e. The molecule has 2 nitrogen and oxygen atoms in total. The summed E-state index contributed by atoms with van der Waals surface area (Å²) in [7, 11) is 0. The van der Waals surface area contributed by atoms with Crippen LogP contribution >= 0.6 is 0 Å². The number of carbonyl (C=O) groups excluding carboxylic acids is 1. The van der Waals surface area contributed by atoms with Gasteiger partial charge in [0.05, 0.1) is 0 Å². The van der Waals surface area contributed by atoms with Crippen LogP contribution in [0.25, 0.3) is 0 Å². The molecule has 2 unspecified atom stereocenters. The summed E-state index contributed by atoms with van der Waals surface area (Å²) in [5.74, 6) is 1.47. The Morgan fingerprint density at radius 2 is 2.00 bits per heavy atom. The van der Waals surface area contributed by atoms with Gasteiger partial charge in [-0.15, -0.1) is 0 Å². The van der Waals surface area contributed by atoms with Crippen molar-refractivity contribution < 1.29 is 4.79 Å². The van der Waals surface area contributed by atoms with Gasteiger partial charge in [0, 0.05) is 18.0 Å². The van der Waals surface area contributed by atoms with E-state index in [4.69, 9.17) is 5.73 Å². The normalized spacial score (nSPS) is 23.8. The number of ketones is 1. The Hall–Kier alpha value is -1.31. The molecule has 2 atom stereocenters. The minimum absolute atomic E-state index is 0.293. The van der Waals surface area contributed by atoms with Crippen LogP contribution in [0, 0.1) is 11.8 Å². The Bertz CT molecular complexity index is 396. The third kappa shape index (κ3) is 3.34. The summed E-state index contributed by atoms with van der Waals surface area (Å²) in [5, 5.41) is 0. The quantitative estimate of drug-likeness (QED) is 0.824. The predicted molar refractivity (Wildman–Crippen MR) is 75.3 cm³/mol. The van der Waals surface area contributed by atoms with E-state index < -0.39 is 0 Å². The molecule has 1 aliphatic carbocycles. The second kappa shape index (κ2) is 6.03. The van der Waals surface area contributed by atoms with Gasteiger partial charge >= 0.3 is 0 Å². The number of nitrogen functional groups attached to an aromatic ring is 1. The number of benzene rings is 1. The van der Waals surface area contributed by atoms with Gasteiger partial charge in [-0.2, -0.15) is 0 Å². The minimum atomic E-state index is 0.293. The van der Waals surface area contributed by atoms with Crippen LogP contribution in [0.2, 0.25) is 0 Å². The lowest BCUT2D eigenvalue weighted by Gasteiger charge is -2.27. The average molecular weight is 245 g/mol. The van der Waals surface area contributed by atoms with E-state index in [1.165, 1.54) is 19.3 Å². The van der Waals surface area contributed by atoms with Crippen molar-refractivity contribution in [3.05, 3.63) is 29.8 Å². The summed E-state index contributed by atoms with van der Waals surface area (Å²) in [4.78, 5) is 12.3. The van der Waals surface area contributed by atoms with Gasteiger partial charge < -0.3 is 5.73 Å². The molecule has 0 aromatic heterocycles. The van der Waals surface area contributed by atoms with Crippen LogP contribution in [0.5, 0.6) is 0 Å². The molecule has 1 saturated carbocycles. The van der Waals surface area contributed by atoms with Crippen molar-refractivity contribution in [3.63, 3.8) is 0 Å². The fraction of sp³-hybridized carbons (Fsp3) is 0.562. The fourth-order valence-electron chi connectivity index (χ4n) is 2.94. The van der Waals surface area contributed by atoms with E-state index in [0.717, 1.165) is 30.0 Å². The summed E-state index contributed by atoms with van der Waals surface area (Å²) in [6.45, 7) is 2.23. The highest BCUT2D eigenvalue weighted by Crippen LogP contribution is 2.32. The highest BCUT2D eigenvalue weighted by molar-refractivity contribution is 5.83. The van der Waals surface area contributed by atoms with Crippen molar-refractivity contribution in [2.45, 2.75) is 45.4 Å². The Morgan fingerprint density at radius 1 is 1.28 bits per heavy atom. The molecule has 2 heteroatoms. The summed E-state index contributed by atoms with van der Waals surface area (Å²) in [6.07, 6.45) is 6.50. The molecule has 1 aliphatic rings. The van der Waals surface area contributed by atoms with E-state index in [0.29, 0.717) is 18.1 Å². The van der Waals surface area contributed by atoms with Crippen LogP contribution in [0.15, 0.2) is 24.3 Å².